The molecule has 0 spiro atoms. The Morgan fingerprint density at radius 1 is 1.20 bits per heavy atom. The Balaban J connectivity index is 1.85. The van der Waals surface area contributed by atoms with E-state index in [0.717, 1.165) is 12.0 Å². The van der Waals surface area contributed by atoms with Crippen molar-refractivity contribution in [3.63, 3.8) is 0 Å². The number of hydrogen-bond donors (Lipinski definition) is 1. The van der Waals surface area contributed by atoms with E-state index in [2.05, 4.69) is 35.3 Å². The summed E-state index contributed by atoms with van der Waals surface area (Å²) >= 11 is 6.21. The molecule has 0 bridgehead atoms. The second kappa shape index (κ2) is 5.55. The Labute approximate surface area is 125 Å². The van der Waals surface area contributed by atoms with Crippen molar-refractivity contribution in [3.05, 3.63) is 64.9 Å². The van der Waals surface area contributed by atoms with Crippen LogP contribution in [0.4, 0.5) is 0 Å². The Morgan fingerprint density at radius 3 is 2.55 bits per heavy atom. The fourth-order valence-electron chi connectivity index (χ4n) is 3.20. The van der Waals surface area contributed by atoms with Crippen LogP contribution in [0.5, 0.6) is 0 Å². The minimum atomic E-state index is 0.0959. The summed E-state index contributed by atoms with van der Waals surface area (Å²) in [5.41, 5.74) is 9.15. The van der Waals surface area contributed by atoms with E-state index in [0.29, 0.717) is 5.02 Å². The topological polar surface area (TPSA) is 38.9 Å². The molecule has 2 nitrogen and oxygen atoms in total. The number of halogens is 1. The average molecular weight is 287 g/mol. The van der Waals surface area contributed by atoms with Gasteiger partial charge in [0.05, 0.1) is 5.02 Å². The van der Waals surface area contributed by atoms with Gasteiger partial charge < -0.3 is 5.73 Å². The summed E-state index contributed by atoms with van der Waals surface area (Å²) in [6, 6.07) is 12.7. The molecular formula is C17H19ClN2. The first-order valence-corrected chi connectivity index (χ1v) is 7.50. The third-order valence-electron chi connectivity index (χ3n) is 4.60. The molecule has 3 rings (SSSR count). The van der Waals surface area contributed by atoms with Crippen LogP contribution >= 0.6 is 11.6 Å². The second-order valence-electron chi connectivity index (χ2n) is 5.65. The quantitative estimate of drug-likeness (QED) is 0.930. The van der Waals surface area contributed by atoms with Crippen LogP contribution in [0, 0.1) is 0 Å². The molecule has 1 aliphatic rings. The lowest BCUT2D eigenvalue weighted by Crippen LogP contribution is -2.51. The maximum atomic E-state index is 6.57. The highest BCUT2D eigenvalue weighted by Crippen LogP contribution is 2.46. The molecule has 1 aromatic heterocycles. The van der Waals surface area contributed by atoms with Crippen molar-refractivity contribution in [1.29, 1.82) is 0 Å². The van der Waals surface area contributed by atoms with Gasteiger partial charge >= 0.3 is 0 Å². The van der Waals surface area contributed by atoms with Crippen LogP contribution in [0.1, 0.15) is 30.4 Å². The van der Waals surface area contributed by atoms with Crippen LogP contribution < -0.4 is 5.73 Å². The van der Waals surface area contributed by atoms with Gasteiger partial charge in [-0.25, -0.2) is 0 Å². The van der Waals surface area contributed by atoms with Crippen LogP contribution in [0.2, 0.25) is 5.02 Å². The van der Waals surface area contributed by atoms with Gasteiger partial charge in [0, 0.05) is 23.9 Å². The summed E-state index contributed by atoms with van der Waals surface area (Å²) in [6.45, 7) is 0. The van der Waals surface area contributed by atoms with E-state index in [1.165, 1.54) is 24.8 Å². The maximum absolute atomic E-state index is 6.57. The molecule has 2 aromatic rings. The van der Waals surface area contributed by atoms with Gasteiger partial charge in [0.25, 0.3) is 0 Å². The zero-order valence-corrected chi connectivity index (χ0v) is 12.2. The minimum absolute atomic E-state index is 0.0959. The summed E-state index contributed by atoms with van der Waals surface area (Å²) < 4.78 is 0. The molecule has 2 N–H and O–H groups in total. The van der Waals surface area contributed by atoms with Gasteiger partial charge in [-0.05, 0) is 36.5 Å². The van der Waals surface area contributed by atoms with E-state index in [9.17, 15) is 0 Å². The summed E-state index contributed by atoms with van der Waals surface area (Å²) in [6.07, 6.45) is 7.87. The van der Waals surface area contributed by atoms with E-state index >= 15 is 0 Å². The highest BCUT2D eigenvalue weighted by Gasteiger charge is 2.43. The van der Waals surface area contributed by atoms with Crippen molar-refractivity contribution in [1.82, 2.24) is 4.98 Å². The predicted octanol–water partition coefficient (Wildman–Crippen LogP) is 3.73. The lowest BCUT2D eigenvalue weighted by Gasteiger charge is -2.47. The minimum Gasteiger partial charge on any atom is -0.327 e. The molecule has 104 valence electrons. The fraction of sp³-hybridized carbons (Fsp3) is 0.353. The summed E-state index contributed by atoms with van der Waals surface area (Å²) in [5, 5.41) is 0.713. The number of nitrogens with zero attached hydrogens (tertiary/aromatic N) is 1. The Morgan fingerprint density at radius 2 is 1.95 bits per heavy atom. The number of hydrogen-bond acceptors (Lipinski definition) is 2. The standard InChI is InChI=1S/C17H19ClN2/c18-15-12-20-10-7-13(15)11-16(19)17(8-4-9-17)14-5-2-1-3-6-14/h1-3,5-7,10,12,16H,4,8-9,11,19H2. The predicted molar refractivity (Wildman–Crippen MR) is 82.9 cm³/mol. The third kappa shape index (κ3) is 2.34. The molecule has 0 saturated heterocycles. The van der Waals surface area contributed by atoms with Crippen LogP contribution in [0.15, 0.2) is 48.8 Å². The summed E-state index contributed by atoms with van der Waals surface area (Å²) in [5.74, 6) is 0. The molecule has 0 amide bonds. The van der Waals surface area contributed by atoms with Crippen LogP contribution in [0.3, 0.4) is 0 Å². The molecule has 1 aromatic carbocycles. The van der Waals surface area contributed by atoms with Gasteiger partial charge in [0.2, 0.25) is 0 Å². The molecule has 3 heteroatoms. The van der Waals surface area contributed by atoms with Gasteiger partial charge in [-0.2, -0.15) is 0 Å². The number of nitrogens with two attached hydrogens (primary N) is 1. The van der Waals surface area contributed by atoms with Gasteiger partial charge in [-0.1, -0.05) is 48.4 Å². The summed E-state index contributed by atoms with van der Waals surface area (Å²) in [7, 11) is 0. The van der Waals surface area contributed by atoms with E-state index < -0.39 is 0 Å². The molecule has 1 saturated carbocycles. The van der Waals surface area contributed by atoms with E-state index in [1.807, 2.05) is 6.07 Å². The molecule has 1 fully saturated rings. The second-order valence-corrected chi connectivity index (χ2v) is 6.06. The largest absolute Gasteiger partial charge is 0.327 e. The van der Waals surface area contributed by atoms with Gasteiger partial charge in [0.15, 0.2) is 0 Å². The maximum Gasteiger partial charge on any atom is 0.0621 e. The number of rotatable bonds is 4. The summed E-state index contributed by atoms with van der Waals surface area (Å²) in [4.78, 5) is 4.03. The highest BCUT2D eigenvalue weighted by atomic mass is 35.5. The monoisotopic (exact) mass is 286 g/mol. The first kappa shape index (κ1) is 13.6. The smallest absolute Gasteiger partial charge is 0.0621 e. The van der Waals surface area contributed by atoms with Crippen molar-refractivity contribution in [2.24, 2.45) is 5.73 Å². The van der Waals surface area contributed by atoms with Gasteiger partial charge in [-0.15, -0.1) is 0 Å². The molecule has 1 aliphatic carbocycles. The van der Waals surface area contributed by atoms with Crippen molar-refractivity contribution < 1.29 is 0 Å². The Bertz CT molecular complexity index is 579. The fourth-order valence-corrected chi connectivity index (χ4v) is 3.40. The Hall–Kier alpha value is -1.38. The molecule has 0 aliphatic heterocycles. The van der Waals surface area contributed by atoms with Crippen molar-refractivity contribution >= 4 is 11.6 Å². The lowest BCUT2D eigenvalue weighted by atomic mass is 9.59. The Kier molecular flexibility index (Phi) is 3.77. The van der Waals surface area contributed by atoms with E-state index in [4.69, 9.17) is 17.3 Å². The normalized spacial score (nSPS) is 18.3. The number of pyridine rings is 1. The highest BCUT2D eigenvalue weighted by molar-refractivity contribution is 6.31. The van der Waals surface area contributed by atoms with E-state index in [1.54, 1.807) is 12.4 Å². The van der Waals surface area contributed by atoms with Crippen LogP contribution in [-0.2, 0) is 11.8 Å². The zero-order valence-electron chi connectivity index (χ0n) is 11.4. The van der Waals surface area contributed by atoms with Crippen molar-refractivity contribution in [2.45, 2.75) is 37.1 Å². The van der Waals surface area contributed by atoms with Gasteiger partial charge in [0.1, 0.15) is 0 Å². The molecule has 1 atom stereocenters. The van der Waals surface area contributed by atoms with Crippen molar-refractivity contribution in [2.75, 3.05) is 0 Å². The SMILES string of the molecule is NC(Cc1ccncc1Cl)C1(c2ccccc2)CCC1. The molecular weight excluding hydrogens is 268 g/mol. The average Bonchev–Trinajstić information content (AvgIpc) is 2.41. The number of aromatic nitrogens is 1. The molecule has 1 unspecified atom stereocenters. The van der Waals surface area contributed by atoms with Crippen LogP contribution in [0.25, 0.3) is 0 Å². The lowest BCUT2D eigenvalue weighted by molar-refractivity contribution is 0.194. The molecule has 1 heterocycles. The zero-order chi connectivity index (χ0) is 14.0. The van der Waals surface area contributed by atoms with Gasteiger partial charge in [-0.3, -0.25) is 4.98 Å². The molecule has 20 heavy (non-hydrogen) atoms. The van der Waals surface area contributed by atoms with Crippen molar-refractivity contribution in [3.8, 4) is 0 Å². The first-order valence-electron chi connectivity index (χ1n) is 7.12. The van der Waals surface area contributed by atoms with E-state index in [-0.39, 0.29) is 11.5 Å². The number of benzene rings is 1. The molecule has 0 radical (unpaired) electrons. The third-order valence-corrected chi connectivity index (χ3v) is 4.94. The first-order chi connectivity index (χ1) is 9.72. The van der Waals surface area contributed by atoms with Crippen LogP contribution in [-0.4, -0.2) is 11.0 Å².